The van der Waals surface area contributed by atoms with Gasteiger partial charge in [0.1, 0.15) is 6.33 Å². The third-order valence-electron chi connectivity index (χ3n) is 6.44. The van der Waals surface area contributed by atoms with Crippen molar-refractivity contribution >= 4 is 17.3 Å². The van der Waals surface area contributed by atoms with E-state index in [9.17, 15) is 9.59 Å². The first-order chi connectivity index (χ1) is 18.6. The second kappa shape index (κ2) is 10.1. The van der Waals surface area contributed by atoms with Crippen molar-refractivity contribution in [2.75, 3.05) is 7.05 Å². The molecule has 5 aromatic rings. The van der Waals surface area contributed by atoms with Gasteiger partial charge in [-0.1, -0.05) is 50.2 Å². The summed E-state index contributed by atoms with van der Waals surface area (Å²) in [4.78, 5) is 33.2. The Balaban J connectivity index is 1.35. The van der Waals surface area contributed by atoms with E-state index < -0.39 is 0 Å². The average Bonchev–Trinajstić information content (AvgIpc) is 3.60. The SMILES string of the molecule is CNC(=O)c1ccc(-c2cc3c(-c4ccc(CNC(=O)c5noc(C(C)(C)C)n5)c(C)c4)ncnn3c2)cc1. The molecule has 10 heteroatoms. The van der Waals surface area contributed by atoms with Crippen LogP contribution in [0.2, 0.25) is 0 Å². The van der Waals surface area contributed by atoms with E-state index in [4.69, 9.17) is 4.52 Å². The second-order valence-electron chi connectivity index (χ2n) is 10.3. The first-order valence-corrected chi connectivity index (χ1v) is 12.5. The maximum absolute atomic E-state index is 12.6. The van der Waals surface area contributed by atoms with Crippen molar-refractivity contribution in [2.45, 2.75) is 39.7 Å². The van der Waals surface area contributed by atoms with Crippen molar-refractivity contribution in [3.63, 3.8) is 0 Å². The summed E-state index contributed by atoms with van der Waals surface area (Å²) in [7, 11) is 1.61. The molecule has 0 spiro atoms. The van der Waals surface area contributed by atoms with Gasteiger partial charge >= 0.3 is 0 Å². The number of nitrogens with one attached hydrogen (secondary N) is 2. The predicted molar refractivity (Wildman–Crippen MR) is 146 cm³/mol. The van der Waals surface area contributed by atoms with E-state index in [2.05, 4.69) is 30.9 Å². The molecule has 2 amide bonds. The summed E-state index contributed by atoms with van der Waals surface area (Å²) in [6, 6.07) is 15.5. The highest BCUT2D eigenvalue weighted by molar-refractivity contribution is 5.94. The molecular weight excluding hydrogens is 494 g/mol. The molecule has 0 atom stereocenters. The lowest BCUT2D eigenvalue weighted by Crippen LogP contribution is -2.24. The van der Waals surface area contributed by atoms with E-state index in [1.165, 1.54) is 6.33 Å². The largest absolute Gasteiger partial charge is 0.355 e. The Morgan fingerprint density at radius 2 is 1.72 bits per heavy atom. The number of benzene rings is 2. The molecule has 10 nitrogen and oxygen atoms in total. The van der Waals surface area contributed by atoms with Gasteiger partial charge in [0.25, 0.3) is 17.6 Å². The van der Waals surface area contributed by atoms with Crippen LogP contribution in [-0.4, -0.2) is 43.6 Å². The van der Waals surface area contributed by atoms with Crippen LogP contribution in [-0.2, 0) is 12.0 Å². The summed E-state index contributed by atoms with van der Waals surface area (Å²) in [6.07, 6.45) is 3.47. The fourth-order valence-corrected chi connectivity index (χ4v) is 4.18. The van der Waals surface area contributed by atoms with Gasteiger partial charge in [-0.25, -0.2) is 9.50 Å². The van der Waals surface area contributed by atoms with Crippen LogP contribution in [0.1, 0.15) is 58.8 Å². The summed E-state index contributed by atoms with van der Waals surface area (Å²) < 4.78 is 7.02. The minimum Gasteiger partial charge on any atom is -0.355 e. The molecule has 3 aromatic heterocycles. The molecule has 0 aliphatic carbocycles. The van der Waals surface area contributed by atoms with Gasteiger partial charge in [-0.15, -0.1) is 0 Å². The number of carbonyl (C=O) groups is 2. The van der Waals surface area contributed by atoms with Gasteiger partial charge in [0.15, 0.2) is 0 Å². The van der Waals surface area contributed by atoms with Crippen molar-refractivity contribution in [1.82, 2.24) is 35.4 Å². The van der Waals surface area contributed by atoms with Crippen molar-refractivity contribution < 1.29 is 14.1 Å². The highest BCUT2D eigenvalue weighted by atomic mass is 16.5. The van der Waals surface area contributed by atoms with Gasteiger partial charge in [-0.2, -0.15) is 10.1 Å². The Morgan fingerprint density at radius 1 is 0.974 bits per heavy atom. The zero-order valence-electron chi connectivity index (χ0n) is 22.4. The molecule has 0 bridgehead atoms. The monoisotopic (exact) mass is 523 g/mol. The average molecular weight is 524 g/mol. The van der Waals surface area contributed by atoms with Gasteiger partial charge in [-0.3, -0.25) is 9.59 Å². The van der Waals surface area contributed by atoms with Crippen LogP contribution in [0.4, 0.5) is 0 Å². The molecule has 0 aliphatic heterocycles. The topological polar surface area (TPSA) is 127 Å². The normalized spacial score (nSPS) is 11.5. The van der Waals surface area contributed by atoms with Crippen molar-refractivity contribution in [2.24, 2.45) is 0 Å². The van der Waals surface area contributed by atoms with Crippen molar-refractivity contribution in [3.05, 3.63) is 89.5 Å². The molecule has 0 radical (unpaired) electrons. The van der Waals surface area contributed by atoms with Gasteiger partial charge in [0.05, 0.1) is 11.2 Å². The van der Waals surface area contributed by atoms with Crippen LogP contribution < -0.4 is 10.6 Å². The number of aryl methyl sites for hydroxylation is 1. The van der Waals surface area contributed by atoms with E-state index in [1.807, 2.05) is 70.3 Å². The van der Waals surface area contributed by atoms with E-state index >= 15 is 0 Å². The number of hydrogen-bond donors (Lipinski definition) is 2. The minimum atomic E-state index is -0.390. The van der Waals surface area contributed by atoms with Crippen molar-refractivity contribution in [1.29, 1.82) is 0 Å². The highest BCUT2D eigenvalue weighted by Crippen LogP contribution is 2.29. The molecule has 5 rings (SSSR count). The lowest BCUT2D eigenvalue weighted by molar-refractivity contribution is 0.0935. The zero-order chi connectivity index (χ0) is 27.7. The molecule has 39 heavy (non-hydrogen) atoms. The first-order valence-electron chi connectivity index (χ1n) is 12.5. The number of amides is 2. The summed E-state index contributed by atoms with van der Waals surface area (Å²) >= 11 is 0. The molecule has 3 heterocycles. The number of nitrogens with zero attached hydrogens (tertiary/aromatic N) is 5. The highest BCUT2D eigenvalue weighted by Gasteiger charge is 2.24. The van der Waals surface area contributed by atoms with E-state index in [0.717, 1.165) is 39.0 Å². The molecule has 198 valence electrons. The number of rotatable bonds is 6. The smallest absolute Gasteiger partial charge is 0.292 e. The quantitative estimate of drug-likeness (QED) is 0.339. The third kappa shape index (κ3) is 5.26. The van der Waals surface area contributed by atoms with E-state index in [1.54, 1.807) is 23.7 Å². The number of aromatic nitrogens is 5. The number of fused-ring (bicyclic) bond motifs is 1. The summed E-state index contributed by atoms with van der Waals surface area (Å²) in [5.41, 5.74) is 6.75. The van der Waals surface area contributed by atoms with Crippen molar-refractivity contribution in [3.8, 4) is 22.4 Å². The van der Waals surface area contributed by atoms with Crippen LogP contribution in [0.5, 0.6) is 0 Å². The van der Waals surface area contributed by atoms with Gasteiger partial charge in [-0.05, 0) is 47.9 Å². The van der Waals surface area contributed by atoms with E-state index in [0.29, 0.717) is 18.0 Å². The molecule has 2 N–H and O–H groups in total. The Bertz CT molecular complexity index is 1680. The molecule has 2 aromatic carbocycles. The Kier molecular flexibility index (Phi) is 6.69. The summed E-state index contributed by atoms with van der Waals surface area (Å²) in [6.45, 7) is 8.15. The van der Waals surface area contributed by atoms with Crippen LogP contribution >= 0.6 is 0 Å². The van der Waals surface area contributed by atoms with Gasteiger partial charge < -0.3 is 15.2 Å². The molecule has 0 saturated carbocycles. The Hall–Kier alpha value is -4.86. The first kappa shape index (κ1) is 25.8. The standard InChI is InChI=1S/C29H29N7O3/c1-17-12-20(10-11-21(17)14-31-27(38)25-34-28(39-35-25)29(2,3)4)24-23-13-22(15-36(23)33-16-32-24)18-6-8-19(9-7-18)26(37)30-5/h6-13,15-16H,14H2,1-5H3,(H,30,37)(H,31,38). The lowest BCUT2D eigenvalue weighted by Gasteiger charge is -2.10. The summed E-state index contributed by atoms with van der Waals surface area (Å²) in [5, 5.41) is 13.7. The number of carbonyl (C=O) groups excluding carboxylic acids is 2. The maximum atomic E-state index is 12.6. The van der Waals surface area contributed by atoms with Crippen LogP contribution in [0.3, 0.4) is 0 Å². The summed E-state index contributed by atoms with van der Waals surface area (Å²) in [5.74, 6) is -0.0809. The Morgan fingerprint density at radius 3 is 2.38 bits per heavy atom. The zero-order valence-corrected chi connectivity index (χ0v) is 22.4. The lowest BCUT2D eigenvalue weighted by atomic mass is 9.97. The molecule has 0 unspecified atom stereocenters. The predicted octanol–water partition coefficient (Wildman–Crippen LogP) is 4.34. The molecular formula is C29H29N7O3. The Labute approximate surface area is 225 Å². The van der Waals surface area contributed by atoms with Gasteiger partial charge in [0, 0.05) is 41.9 Å². The maximum Gasteiger partial charge on any atom is 0.292 e. The fraction of sp³-hybridized carbons (Fsp3) is 0.241. The fourth-order valence-electron chi connectivity index (χ4n) is 4.18. The van der Waals surface area contributed by atoms with Crippen LogP contribution in [0, 0.1) is 6.92 Å². The molecule has 0 fully saturated rings. The second-order valence-corrected chi connectivity index (χ2v) is 10.3. The minimum absolute atomic E-state index is 0.0184. The third-order valence-corrected chi connectivity index (χ3v) is 6.44. The molecule has 0 aliphatic rings. The molecule has 0 saturated heterocycles. The number of hydrogen-bond acceptors (Lipinski definition) is 7. The van der Waals surface area contributed by atoms with Crippen LogP contribution in [0.15, 0.2) is 65.6 Å². The van der Waals surface area contributed by atoms with Gasteiger partial charge in [0.2, 0.25) is 5.89 Å². The van der Waals surface area contributed by atoms with Crippen LogP contribution in [0.25, 0.3) is 27.9 Å². The van der Waals surface area contributed by atoms with E-state index in [-0.39, 0.29) is 23.1 Å².